The molecule has 2 amide bonds. The summed E-state index contributed by atoms with van der Waals surface area (Å²) in [4.78, 5) is 37.0. The summed E-state index contributed by atoms with van der Waals surface area (Å²) in [6.45, 7) is -0.742. The second-order valence-electron chi connectivity index (χ2n) is 5.88. The van der Waals surface area contributed by atoms with Gasteiger partial charge in [-0.3, -0.25) is 14.4 Å². The summed E-state index contributed by atoms with van der Waals surface area (Å²) in [7, 11) is 0. The lowest BCUT2D eigenvalue weighted by atomic mass is 10.2. The van der Waals surface area contributed by atoms with Crippen molar-refractivity contribution in [1.82, 2.24) is 0 Å². The van der Waals surface area contributed by atoms with E-state index in [1.807, 2.05) is 0 Å². The molecule has 1 N–H and O–H groups in total. The second kappa shape index (κ2) is 8.47. The summed E-state index contributed by atoms with van der Waals surface area (Å²) >= 11 is 0. The number of nitrogens with one attached hydrogen (secondary N) is 1. The summed E-state index contributed by atoms with van der Waals surface area (Å²) in [6, 6.07) is 9.51. The van der Waals surface area contributed by atoms with Crippen LogP contribution in [0.5, 0.6) is 5.75 Å². The van der Waals surface area contributed by atoms with E-state index in [2.05, 4.69) is 5.32 Å². The van der Waals surface area contributed by atoms with Gasteiger partial charge in [-0.2, -0.15) is 0 Å². The number of rotatable bonds is 6. The topological polar surface area (TPSA) is 84.9 Å². The van der Waals surface area contributed by atoms with Crippen molar-refractivity contribution in [2.45, 2.75) is 6.42 Å². The van der Waals surface area contributed by atoms with Crippen LogP contribution in [-0.4, -0.2) is 37.5 Å². The van der Waals surface area contributed by atoms with Crippen LogP contribution in [-0.2, 0) is 19.1 Å². The smallest absolute Gasteiger partial charge is 0.308 e. The fraction of sp³-hybridized carbons (Fsp3) is 0.211. The molecule has 9 heteroatoms. The predicted octanol–water partition coefficient (Wildman–Crippen LogP) is 2.26. The molecule has 1 aliphatic heterocycles. The van der Waals surface area contributed by atoms with Crippen molar-refractivity contribution in [2.24, 2.45) is 0 Å². The van der Waals surface area contributed by atoms with Crippen LogP contribution in [0.3, 0.4) is 0 Å². The number of para-hydroxylation sites is 2. The van der Waals surface area contributed by atoms with Crippen LogP contribution < -0.4 is 15.0 Å². The Morgan fingerprint density at radius 3 is 2.79 bits per heavy atom. The van der Waals surface area contributed by atoms with E-state index in [1.165, 1.54) is 4.90 Å². The van der Waals surface area contributed by atoms with Gasteiger partial charge in [0.2, 0.25) is 0 Å². The third-order valence-corrected chi connectivity index (χ3v) is 3.91. The van der Waals surface area contributed by atoms with Crippen molar-refractivity contribution in [3.05, 3.63) is 54.1 Å². The first-order chi connectivity index (χ1) is 13.4. The molecule has 0 saturated heterocycles. The minimum absolute atomic E-state index is 0.0538. The van der Waals surface area contributed by atoms with Crippen LogP contribution in [0.25, 0.3) is 0 Å². The number of carbonyl (C=O) groups excluding carboxylic acids is 3. The Labute approximate surface area is 158 Å². The fourth-order valence-electron chi connectivity index (χ4n) is 2.60. The largest absolute Gasteiger partial charge is 0.482 e. The molecule has 0 fully saturated rings. The Balaban J connectivity index is 1.49. The summed E-state index contributed by atoms with van der Waals surface area (Å²) in [5.41, 5.74) is 0.197. The number of fused-ring (bicyclic) bond motifs is 1. The number of amides is 2. The Bertz CT molecular complexity index is 919. The Hall–Kier alpha value is -3.49. The lowest BCUT2D eigenvalue weighted by molar-refractivity contribution is -0.147. The maximum absolute atomic E-state index is 13.5. The van der Waals surface area contributed by atoms with Gasteiger partial charge >= 0.3 is 5.97 Å². The molecular weight excluding hydrogens is 374 g/mol. The van der Waals surface area contributed by atoms with Gasteiger partial charge < -0.3 is 19.7 Å². The van der Waals surface area contributed by atoms with Gasteiger partial charge in [-0.15, -0.1) is 0 Å². The molecule has 2 aromatic carbocycles. The molecule has 0 atom stereocenters. The van der Waals surface area contributed by atoms with Crippen molar-refractivity contribution in [2.75, 3.05) is 30.0 Å². The first-order valence-corrected chi connectivity index (χ1v) is 8.37. The van der Waals surface area contributed by atoms with E-state index >= 15 is 0 Å². The minimum atomic E-state index is -0.814. The molecule has 0 aromatic heterocycles. The van der Waals surface area contributed by atoms with E-state index < -0.39 is 30.1 Å². The summed E-state index contributed by atoms with van der Waals surface area (Å²) in [5.74, 6) is -2.83. The van der Waals surface area contributed by atoms with E-state index in [9.17, 15) is 23.2 Å². The quantitative estimate of drug-likeness (QED) is 0.765. The lowest BCUT2D eigenvalue weighted by Crippen LogP contribution is -2.40. The van der Waals surface area contributed by atoms with Crippen LogP contribution in [0.1, 0.15) is 6.42 Å². The number of anilines is 2. The second-order valence-corrected chi connectivity index (χ2v) is 5.88. The minimum Gasteiger partial charge on any atom is -0.482 e. The molecule has 0 saturated carbocycles. The van der Waals surface area contributed by atoms with Gasteiger partial charge in [-0.25, -0.2) is 8.78 Å². The van der Waals surface area contributed by atoms with Gasteiger partial charge in [0, 0.05) is 12.6 Å². The van der Waals surface area contributed by atoms with Gasteiger partial charge in [0.15, 0.2) is 13.2 Å². The predicted molar refractivity (Wildman–Crippen MR) is 94.9 cm³/mol. The molecule has 0 unspecified atom stereocenters. The standard InChI is InChI=1S/C19H16F2N2O5/c20-12-5-6-13(21)14(9-12)22-17(24)10-28-19(26)7-8-23-15-3-1-2-4-16(15)27-11-18(23)25/h1-6,9H,7-8,10-11H2,(H,22,24). The molecule has 146 valence electrons. The van der Waals surface area contributed by atoms with Crippen molar-refractivity contribution in [1.29, 1.82) is 0 Å². The lowest BCUT2D eigenvalue weighted by Gasteiger charge is -2.28. The van der Waals surface area contributed by atoms with Crippen LogP contribution >= 0.6 is 0 Å². The first-order valence-electron chi connectivity index (χ1n) is 8.37. The van der Waals surface area contributed by atoms with Crippen molar-refractivity contribution >= 4 is 29.2 Å². The normalized spacial score (nSPS) is 12.8. The number of esters is 1. The van der Waals surface area contributed by atoms with E-state index in [0.29, 0.717) is 11.4 Å². The van der Waals surface area contributed by atoms with E-state index in [4.69, 9.17) is 9.47 Å². The number of nitrogens with zero attached hydrogens (tertiary/aromatic N) is 1. The fourth-order valence-corrected chi connectivity index (χ4v) is 2.60. The SMILES string of the molecule is O=C(COC(=O)CCN1C(=O)COc2ccccc21)Nc1cc(F)ccc1F. The van der Waals surface area contributed by atoms with E-state index in [0.717, 1.165) is 18.2 Å². The van der Waals surface area contributed by atoms with Crippen molar-refractivity contribution in [3.8, 4) is 5.75 Å². The summed E-state index contributed by atoms with van der Waals surface area (Å²) in [6.07, 6.45) is -0.151. The van der Waals surface area contributed by atoms with Crippen LogP contribution in [0.4, 0.5) is 20.2 Å². The Morgan fingerprint density at radius 2 is 1.96 bits per heavy atom. The molecule has 2 aromatic rings. The van der Waals surface area contributed by atoms with Gasteiger partial charge in [-0.1, -0.05) is 12.1 Å². The van der Waals surface area contributed by atoms with Gasteiger partial charge in [0.25, 0.3) is 11.8 Å². The van der Waals surface area contributed by atoms with Gasteiger partial charge in [-0.05, 0) is 24.3 Å². The highest BCUT2D eigenvalue weighted by atomic mass is 19.1. The Morgan fingerprint density at radius 1 is 1.18 bits per heavy atom. The van der Waals surface area contributed by atoms with Gasteiger partial charge in [0.1, 0.15) is 17.4 Å². The molecule has 1 aliphatic rings. The number of carbonyl (C=O) groups is 3. The summed E-state index contributed by atoms with van der Waals surface area (Å²) < 4.78 is 36.7. The van der Waals surface area contributed by atoms with Crippen LogP contribution in [0.2, 0.25) is 0 Å². The molecule has 7 nitrogen and oxygen atoms in total. The molecule has 28 heavy (non-hydrogen) atoms. The third kappa shape index (κ3) is 4.61. The number of hydrogen-bond acceptors (Lipinski definition) is 5. The van der Waals surface area contributed by atoms with Crippen molar-refractivity contribution < 1.29 is 32.6 Å². The monoisotopic (exact) mass is 390 g/mol. The number of halogens is 2. The first kappa shape index (κ1) is 19.3. The van der Waals surface area contributed by atoms with Crippen LogP contribution in [0.15, 0.2) is 42.5 Å². The molecule has 3 rings (SSSR count). The van der Waals surface area contributed by atoms with E-state index in [1.54, 1.807) is 24.3 Å². The number of ether oxygens (including phenoxy) is 2. The summed E-state index contributed by atoms with van der Waals surface area (Å²) in [5, 5.41) is 2.12. The maximum atomic E-state index is 13.5. The number of hydrogen-bond donors (Lipinski definition) is 1. The third-order valence-electron chi connectivity index (χ3n) is 3.91. The molecule has 0 bridgehead atoms. The number of benzene rings is 2. The maximum Gasteiger partial charge on any atom is 0.308 e. The molecule has 0 spiro atoms. The molecule has 1 heterocycles. The molecular formula is C19H16F2N2O5. The zero-order chi connectivity index (χ0) is 20.1. The molecule has 0 aliphatic carbocycles. The average molecular weight is 390 g/mol. The highest BCUT2D eigenvalue weighted by Gasteiger charge is 2.25. The highest BCUT2D eigenvalue weighted by Crippen LogP contribution is 2.31. The zero-order valence-corrected chi connectivity index (χ0v) is 14.6. The van der Waals surface area contributed by atoms with E-state index in [-0.39, 0.29) is 31.2 Å². The average Bonchev–Trinajstić information content (AvgIpc) is 2.68. The molecule has 0 radical (unpaired) electrons. The van der Waals surface area contributed by atoms with Crippen molar-refractivity contribution in [3.63, 3.8) is 0 Å². The highest BCUT2D eigenvalue weighted by molar-refractivity contribution is 5.98. The van der Waals surface area contributed by atoms with Crippen LogP contribution in [0, 0.1) is 11.6 Å². The van der Waals surface area contributed by atoms with Gasteiger partial charge in [0.05, 0.1) is 17.8 Å². The Kier molecular flexibility index (Phi) is 5.83. The zero-order valence-electron chi connectivity index (χ0n) is 14.6.